The first kappa shape index (κ1) is 12.1. The van der Waals surface area contributed by atoms with Crippen molar-refractivity contribution < 1.29 is 9.53 Å². The lowest BCUT2D eigenvalue weighted by atomic mass is 10.1. The molecule has 0 saturated carbocycles. The minimum Gasteiger partial charge on any atom is -0.466 e. The molecule has 0 aliphatic heterocycles. The second-order valence-electron chi connectivity index (χ2n) is 3.01. The van der Waals surface area contributed by atoms with Crippen LogP contribution in [-0.2, 0) is 9.53 Å². The molecule has 15 heavy (non-hydrogen) atoms. The molecule has 1 aromatic rings. The Morgan fingerprint density at radius 3 is 3.07 bits per heavy atom. The maximum atomic E-state index is 11.2. The monoisotopic (exact) mass is 272 g/mol. The summed E-state index contributed by atoms with van der Waals surface area (Å²) in [5.74, 6) is -0.299. The molecule has 1 heterocycles. The van der Waals surface area contributed by atoms with E-state index in [0.29, 0.717) is 12.3 Å². The third-order valence-corrected chi connectivity index (χ3v) is 2.31. The van der Waals surface area contributed by atoms with E-state index in [2.05, 4.69) is 20.9 Å². The fraction of sp³-hybridized carbons (Fsp3) is 0.400. The van der Waals surface area contributed by atoms with Gasteiger partial charge in [-0.1, -0.05) is 15.9 Å². The van der Waals surface area contributed by atoms with Gasteiger partial charge >= 0.3 is 5.97 Å². The van der Waals surface area contributed by atoms with E-state index in [1.165, 1.54) is 0 Å². The Labute approximate surface area is 97.0 Å². The van der Waals surface area contributed by atoms with Gasteiger partial charge in [-0.3, -0.25) is 9.78 Å². The van der Waals surface area contributed by atoms with Crippen LogP contribution in [0.25, 0.3) is 0 Å². The van der Waals surface area contributed by atoms with Crippen molar-refractivity contribution in [1.82, 2.24) is 4.98 Å². The van der Waals surface area contributed by atoms with Gasteiger partial charge in [-0.15, -0.1) is 0 Å². The van der Waals surface area contributed by atoms with Gasteiger partial charge in [-0.05, 0) is 19.1 Å². The molecular weight excluding hydrogens is 260 g/mol. The quantitative estimate of drug-likeness (QED) is 0.849. The predicted octanol–water partition coefficient (Wildman–Crippen LogP) is 1.80. The van der Waals surface area contributed by atoms with Crippen LogP contribution in [-0.4, -0.2) is 17.6 Å². The number of nitrogens with zero attached hydrogens (tertiary/aromatic N) is 1. The summed E-state index contributed by atoms with van der Waals surface area (Å²) >= 11 is 3.32. The number of pyridine rings is 1. The first-order valence-electron chi connectivity index (χ1n) is 4.66. The highest BCUT2D eigenvalue weighted by atomic mass is 79.9. The molecule has 0 spiro atoms. The Kier molecular flexibility index (Phi) is 4.71. The lowest BCUT2D eigenvalue weighted by Crippen LogP contribution is -2.18. The van der Waals surface area contributed by atoms with Crippen molar-refractivity contribution in [2.24, 2.45) is 5.73 Å². The van der Waals surface area contributed by atoms with E-state index in [0.717, 1.165) is 4.47 Å². The summed E-state index contributed by atoms with van der Waals surface area (Å²) < 4.78 is 5.70. The third kappa shape index (κ3) is 3.97. The second-order valence-corrected chi connectivity index (χ2v) is 3.93. The molecule has 1 unspecified atom stereocenters. The molecule has 4 nitrogen and oxygen atoms in total. The number of esters is 1. The van der Waals surface area contributed by atoms with Gasteiger partial charge in [0.25, 0.3) is 0 Å². The van der Waals surface area contributed by atoms with E-state index in [-0.39, 0.29) is 12.4 Å². The highest BCUT2D eigenvalue weighted by molar-refractivity contribution is 9.10. The zero-order valence-electron chi connectivity index (χ0n) is 8.44. The van der Waals surface area contributed by atoms with Crippen LogP contribution in [0.3, 0.4) is 0 Å². The van der Waals surface area contributed by atoms with Crippen LogP contribution in [0.15, 0.2) is 22.8 Å². The molecule has 0 amide bonds. The van der Waals surface area contributed by atoms with Gasteiger partial charge in [-0.2, -0.15) is 0 Å². The Morgan fingerprint density at radius 2 is 2.47 bits per heavy atom. The number of hydrogen-bond acceptors (Lipinski definition) is 4. The average molecular weight is 273 g/mol. The van der Waals surface area contributed by atoms with E-state index in [1.807, 2.05) is 0 Å². The fourth-order valence-corrected chi connectivity index (χ4v) is 1.48. The first-order chi connectivity index (χ1) is 7.13. The SMILES string of the molecule is CCOC(=O)CC(N)c1cc(Br)ccn1. The van der Waals surface area contributed by atoms with Crippen LogP contribution in [0.2, 0.25) is 0 Å². The fourth-order valence-electron chi connectivity index (χ4n) is 1.13. The number of carbonyl (C=O) groups is 1. The topological polar surface area (TPSA) is 65.2 Å². The number of nitrogens with two attached hydrogens (primary N) is 1. The van der Waals surface area contributed by atoms with E-state index in [1.54, 1.807) is 25.3 Å². The van der Waals surface area contributed by atoms with Gasteiger partial charge in [0, 0.05) is 10.7 Å². The number of halogens is 1. The molecule has 0 aromatic carbocycles. The van der Waals surface area contributed by atoms with Crippen molar-refractivity contribution in [3.05, 3.63) is 28.5 Å². The molecular formula is C10H13BrN2O2. The smallest absolute Gasteiger partial charge is 0.307 e. The maximum Gasteiger partial charge on any atom is 0.307 e. The summed E-state index contributed by atoms with van der Waals surface area (Å²) in [6.45, 7) is 2.14. The molecule has 0 aliphatic rings. The van der Waals surface area contributed by atoms with Crippen LogP contribution in [0.5, 0.6) is 0 Å². The summed E-state index contributed by atoms with van der Waals surface area (Å²) in [5.41, 5.74) is 6.49. The minimum atomic E-state index is -0.415. The van der Waals surface area contributed by atoms with Gasteiger partial charge in [0.15, 0.2) is 0 Å². The van der Waals surface area contributed by atoms with Crippen LogP contribution in [0.1, 0.15) is 25.1 Å². The lowest BCUT2D eigenvalue weighted by Gasteiger charge is -2.10. The van der Waals surface area contributed by atoms with E-state index < -0.39 is 6.04 Å². The van der Waals surface area contributed by atoms with E-state index >= 15 is 0 Å². The number of aromatic nitrogens is 1. The number of carbonyl (C=O) groups excluding carboxylic acids is 1. The predicted molar refractivity (Wildman–Crippen MR) is 60.1 cm³/mol. The molecule has 0 aliphatic carbocycles. The zero-order valence-corrected chi connectivity index (χ0v) is 10.0. The van der Waals surface area contributed by atoms with Crippen molar-refractivity contribution in [3.8, 4) is 0 Å². The Bertz CT molecular complexity index is 344. The largest absolute Gasteiger partial charge is 0.466 e. The number of ether oxygens (including phenoxy) is 1. The van der Waals surface area contributed by atoms with Crippen LogP contribution in [0, 0.1) is 0 Å². The standard InChI is InChI=1S/C10H13BrN2O2/c1-2-15-10(14)6-8(12)9-5-7(11)3-4-13-9/h3-5,8H,2,6,12H2,1H3. The van der Waals surface area contributed by atoms with Gasteiger partial charge in [0.2, 0.25) is 0 Å². The van der Waals surface area contributed by atoms with Gasteiger partial charge in [0.1, 0.15) is 0 Å². The Morgan fingerprint density at radius 1 is 1.73 bits per heavy atom. The molecule has 0 fully saturated rings. The van der Waals surface area contributed by atoms with Crippen molar-refractivity contribution >= 4 is 21.9 Å². The van der Waals surface area contributed by atoms with Crippen LogP contribution >= 0.6 is 15.9 Å². The number of hydrogen-bond donors (Lipinski definition) is 1. The molecule has 82 valence electrons. The number of rotatable bonds is 4. The molecule has 0 saturated heterocycles. The zero-order chi connectivity index (χ0) is 11.3. The Hall–Kier alpha value is -0.940. The molecule has 1 rings (SSSR count). The van der Waals surface area contributed by atoms with Crippen molar-refractivity contribution in [2.75, 3.05) is 6.61 Å². The highest BCUT2D eigenvalue weighted by Crippen LogP contribution is 2.16. The minimum absolute atomic E-state index is 0.150. The average Bonchev–Trinajstić information content (AvgIpc) is 2.18. The second kappa shape index (κ2) is 5.82. The van der Waals surface area contributed by atoms with Crippen molar-refractivity contribution in [3.63, 3.8) is 0 Å². The van der Waals surface area contributed by atoms with Gasteiger partial charge in [0.05, 0.1) is 24.8 Å². The molecule has 1 aromatic heterocycles. The summed E-state index contributed by atoms with van der Waals surface area (Å²) in [5, 5.41) is 0. The highest BCUT2D eigenvalue weighted by Gasteiger charge is 2.13. The summed E-state index contributed by atoms with van der Waals surface area (Å²) in [6, 6.07) is 3.19. The summed E-state index contributed by atoms with van der Waals surface area (Å²) in [6.07, 6.45) is 1.79. The molecule has 5 heteroatoms. The Balaban J connectivity index is 2.60. The maximum absolute atomic E-state index is 11.2. The normalized spacial score (nSPS) is 12.2. The van der Waals surface area contributed by atoms with Gasteiger partial charge in [-0.25, -0.2) is 0 Å². The molecule has 2 N–H and O–H groups in total. The van der Waals surface area contributed by atoms with Crippen molar-refractivity contribution in [1.29, 1.82) is 0 Å². The molecule has 0 radical (unpaired) electrons. The summed E-state index contributed by atoms with van der Waals surface area (Å²) in [4.78, 5) is 15.3. The first-order valence-corrected chi connectivity index (χ1v) is 5.45. The molecule has 0 bridgehead atoms. The third-order valence-electron chi connectivity index (χ3n) is 1.81. The van der Waals surface area contributed by atoms with Crippen molar-refractivity contribution in [2.45, 2.75) is 19.4 Å². The van der Waals surface area contributed by atoms with Crippen LogP contribution < -0.4 is 5.73 Å². The van der Waals surface area contributed by atoms with E-state index in [9.17, 15) is 4.79 Å². The molecule has 1 atom stereocenters. The van der Waals surface area contributed by atoms with Crippen LogP contribution in [0.4, 0.5) is 0 Å². The summed E-state index contributed by atoms with van der Waals surface area (Å²) in [7, 11) is 0. The van der Waals surface area contributed by atoms with Gasteiger partial charge < -0.3 is 10.5 Å². The van der Waals surface area contributed by atoms with E-state index in [4.69, 9.17) is 10.5 Å². The lowest BCUT2D eigenvalue weighted by molar-refractivity contribution is -0.143.